The number of pyridine rings is 2. The third-order valence-electron chi connectivity index (χ3n) is 5.94. The van der Waals surface area contributed by atoms with Gasteiger partial charge in [0.1, 0.15) is 5.82 Å². The number of sulfonamides is 1. The Balaban J connectivity index is 1.32. The molecule has 0 radical (unpaired) electrons. The van der Waals surface area contributed by atoms with E-state index in [-0.39, 0.29) is 6.10 Å². The van der Waals surface area contributed by atoms with E-state index in [1.165, 1.54) is 0 Å². The molecule has 1 aromatic carbocycles. The first kappa shape index (κ1) is 22.5. The monoisotopic (exact) mass is 477 g/mol. The average Bonchev–Trinajstić information content (AvgIpc) is 3.28. The number of ether oxygens (including phenoxy) is 1. The van der Waals surface area contributed by atoms with Gasteiger partial charge in [-0.25, -0.2) is 18.4 Å². The van der Waals surface area contributed by atoms with Crippen molar-refractivity contribution in [3.63, 3.8) is 0 Å². The molecule has 4 heterocycles. The fraction of sp³-hybridized carbons (Fsp3) is 0.320. The molecule has 34 heavy (non-hydrogen) atoms. The molecule has 1 saturated heterocycles. The van der Waals surface area contributed by atoms with Crippen LogP contribution in [0.4, 0.5) is 5.82 Å². The quantitative estimate of drug-likeness (QED) is 0.542. The summed E-state index contributed by atoms with van der Waals surface area (Å²) in [6.45, 7) is 6.51. The second kappa shape index (κ2) is 9.15. The van der Waals surface area contributed by atoms with E-state index in [4.69, 9.17) is 9.73 Å². The topological polar surface area (TPSA) is 88.0 Å². The maximum atomic E-state index is 12.9. The molecule has 0 spiro atoms. The molecule has 5 rings (SSSR count). The van der Waals surface area contributed by atoms with Gasteiger partial charge in [0.15, 0.2) is 0 Å². The highest BCUT2D eigenvalue weighted by Crippen LogP contribution is 2.27. The molecule has 9 heteroatoms. The Hall–Kier alpha value is -3.30. The zero-order valence-corrected chi connectivity index (χ0v) is 20.1. The lowest BCUT2D eigenvalue weighted by molar-refractivity contribution is 0.232. The first-order valence-electron chi connectivity index (χ1n) is 11.4. The number of fused-ring (bicyclic) bond motifs is 1. The standard InChI is InChI=1S/C25H27N5O3S/c1-18(2)33-24-15-22-20(16-27-24)17-28-25(22)19-8-9-26-23(14-19)29-10-12-30(13-11-29)34(31,32)21-6-4-3-5-7-21/h3-9,14-16,18H,10-13,17H2,1-2H3. The van der Waals surface area contributed by atoms with Crippen molar-refractivity contribution < 1.29 is 13.2 Å². The van der Waals surface area contributed by atoms with Crippen molar-refractivity contribution >= 4 is 21.6 Å². The number of piperazine rings is 1. The number of aromatic nitrogens is 2. The minimum absolute atomic E-state index is 0.0456. The lowest BCUT2D eigenvalue weighted by atomic mass is 10.0. The maximum Gasteiger partial charge on any atom is 0.243 e. The van der Waals surface area contributed by atoms with Crippen molar-refractivity contribution in [2.24, 2.45) is 4.99 Å². The number of nitrogens with zero attached hydrogens (tertiary/aromatic N) is 5. The molecule has 0 N–H and O–H groups in total. The first-order valence-corrected chi connectivity index (χ1v) is 12.8. The number of hydrogen-bond acceptors (Lipinski definition) is 7. The fourth-order valence-electron chi connectivity index (χ4n) is 4.25. The Morgan fingerprint density at radius 1 is 0.971 bits per heavy atom. The largest absolute Gasteiger partial charge is 0.475 e. The summed E-state index contributed by atoms with van der Waals surface area (Å²) < 4.78 is 33.2. The molecule has 2 aliphatic heterocycles. The highest BCUT2D eigenvalue weighted by atomic mass is 32.2. The third-order valence-corrected chi connectivity index (χ3v) is 7.86. The van der Waals surface area contributed by atoms with Gasteiger partial charge in [-0.15, -0.1) is 0 Å². The molecule has 0 unspecified atom stereocenters. The minimum atomic E-state index is -3.49. The lowest BCUT2D eigenvalue weighted by Crippen LogP contribution is -2.48. The van der Waals surface area contributed by atoms with Crippen LogP contribution in [0.2, 0.25) is 0 Å². The average molecular weight is 478 g/mol. The predicted molar refractivity (Wildman–Crippen MR) is 131 cm³/mol. The summed E-state index contributed by atoms with van der Waals surface area (Å²) in [4.78, 5) is 16.1. The summed E-state index contributed by atoms with van der Waals surface area (Å²) in [6.07, 6.45) is 3.66. The van der Waals surface area contributed by atoms with Crippen LogP contribution in [0.3, 0.4) is 0 Å². The van der Waals surface area contributed by atoms with Crippen LogP contribution in [-0.2, 0) is 16.6 Å². The molecule has 1 fully saturated rings. The Kier molecular flexibility index (Phi) is 6.05. The molecule has 3 aromatic rings. The van der Waals surface area contributed by atoms with Gasteiger partial charge < -0.3 is 9.64 Å². The molecule has 0 bridgehead atoms. The predicted octanol–water partition coefficient (Wildman–Crippen LogP) is 3.13. The fourth-order valence-corrected chi connectivity index (χ4v) is 5.69. The van der Waals surface area contributed by atoms with E-state index in [0.717, 1.165) is 28.2 Å². The van der Waals surface area contributed by atoms with Crippen LogP contribution >= 0.6 is 0 Å². The van der Waals surface area contributed by atoms with Gasteiger partial charge in [-0.1, -0.05) is 18.2 Å². The van der Waals surface area contributed by atoms with Crippen LogP contribution in [0, 0.1) is 0 Å². The van der Waals surface area contributed by atoms with E-state index in [1.54, 1.807) is 34.8 Å². The Bertz CT molecular complexity index is 1320. The van der Waals surface area contributed by atoms with Gasteiger partial charge in [0, 0.05) is 61.3 Å². The van der Waals surface area contributed by atoms with Gasteiger partial charge >= 0.3 is 0 Å². The smallest absolute Gasteiger partial charge is 0.243 e. The van der Waals surface area contributed by atoms with E-state index >= 15 is 0 Å². The molecule has 0 saturated carbocycles. The summed E-state index contributed by atoms with van der Waals surface area (Å²) in [5.74, 6) is 1.41. The second-order valence-electron chi connectivity index (χ2n) is 8.62. The van der Waals surface area contributed by atoms with Crippen molar-refractivity contribution in [2.45, 2.75) is 31.4 Å². The van der Waals surface area contributed by atoms with Crippen molar-refractivity contribution in [3.8, 4) is 5.88 Å². The molecule has 8 nitrogen and oxygen atoms in total. The Labute approximate surface area is 200 Å². The normalized spacial score (nSPS) is 16.4. The molecule has 0 amide bonds. The van der Waals surface area contributed by atoms with E-state index in [9.17, 15) is 8.42 Å². The second-order valence-corrected chi connectivity index (χ2v) is 10.6. The van der Waals surface area contributed by atoms with Gasteiger partial charge in [-0.2, -0.15) is 4.31 Å². The molecule has 176 valence electrons. The van der Waals surface area contributed by atoms with Gasteiger partial charge in [0.25, 0.3) is 0 Å². The van der Waals surface area contributed by atoms with Crippen molar-refractivity contribution in [3.05, 3.63) is 77.6 Å². The zero-order chi connectivity index (χ0) is 23.7. The van der Waals surface area contributed by atoms with E-state index in [1.807, 2.05) is 44.3 Å². The number of hydrogen-bond donors (Lipinski definition) is 0. The number of benzene rings is 1. The Morgan fingerprint density at radius 2 is 1.74 bits per heavy atom. The molecule has 0 atom stereocenters. The molecule has 0 aliphatic carbocycles. The molecule has 2 aliphatic rings. The lowest BCUT2D eigenvalue weighted by Gasteiger charge is -2.34. The highest BCUT2D eigenvalue weighted by molar-refractivity contribution is 7.89. The highest BCUT2D eigenvalue weighted by Gasteiger charge is 2.29. The van der Waals surface area contributed by atoms with Gasteiger partial charge in [-0.05, 0) is 38.1 Å². The molecular weight excluding hydrogens is 450 g/mol. The van der Waals surface area contributed by atoms with Gasteiger partial charge in [0.05, 0.1) is 23.3 Å². The van der Waals surface area contributed by atoms with Crippen LogP contribution in [0.1, 0.15) is 30.5 Å². The van der Waals surface area contributed by atoms with E-state index in [0.29, 0.717) is 43.5 Å². The van der Waals surface area contributed by atoms with E-state index in [2.05, 4.69) is 14.9 Å². The summed E-state index contributed by atoms with van der Waals surface area (Å²) in [7, 11) is -3.49. The third kappa shape index (κ3) is 4.41. The minimum Gasteiger partial charge on any atom is -0.475 e. The van der Waals surface area contributed by atoms with Crippen molar-refractivity contribution in [1.82, 2.24) is 14.3 Å². The number of aliphatic imine (C=N–C) groups is 1. The molecule has 2 aromatic heterocycles. The van der Waals surface area contributed by atoms with Crippen LogP contribution in [0.15, 0.2) is 70.8 Å². The first-order chi connectivity index (χ1) is 16.4. The maximum absolute atomic E-state index is 12.9. The van der Waals surface area contributed by atoms with Crippen LogP contribution in [-0.4, -0.2) is 60.7 Å². The molecular formula is C25H27N5O3S. The Morgan fingerprint density at radius 3 is 2.47 bits per heavy atom. The van der Waals surface area contributed by atoms with E-state index < -0.39 is 10.0 Å². The van der Waals surface area contributed by atoms with Crippen LogP contribution in [0.5, 0.6) is 5.88 Å². The van der Waals surface area contributed by atoms with Crippen molar-refractivity contribution in [2.75, 3.05) is 31.1 Å². The van der Waals surface area contributed by atoms with Gasteiger partial charge in [0.2, 0.25) is 15.9 Å². The number of rotatable bonds is 6. The van der Waals surface area contributed by atoms with Crippen LogP contribution < -0.4 is 9.64 Å². The summed E-state index contributed by atoms with van der Waals surface area (Å²) >= 11 is 0. The summed E-state index contributed by atoms with van der Waals surface area (Å²) in [5.41, 5.74) is 3.98. The number of anilines is 1. The van der Waals surface area contributed by atoms with Gasteiger partial charge in [-0.3, -0.25) is 4.99 Å². The SMILES string of the molecule is CC(C)Oc1cc2c(cn1)CN=C2c1ccnc(N2CCN(S(=O)(=O)c3ccccc3)CC2)c1. The summed E-state index contributed by atoms with van der Waals surface area (Å²) in [5, 5.41) is 0. The van der Waals surface area contributed by atoms with Crippen molar-refractivity contribution in [1.29, 1.82) is 0 Å². The summed E-state index contributed by atoms with van der Waals surface area (Å²) in [6, 6.07) is 14.5. The zero-order valence-electron chi connectivity index (χ0n) is 19.3. The van der Waals surface area contributed by atoms with Crippen LogP contribution in [0.25, 0.3) is 0 Å².